The molecule has 0 aliphatic heterocycles. The Hall–Kier alpha value is -2.30. The van der Waals surface area contributed by atoms with Gasteiger partial charge in [-0.1, -0.05) is 0 Å². The van der Waals surface area contributed by atoms with Gasteiger partial charge in [0.05, 0.1) is 7.11 Å². The normalized spacial score (nSPS) is 16.4. The third-order valence-electron chi connectivity index (χ3n) is 3.95. The highest BCUT2D eigenvalue weighted by Gasteiger charge is 2.44. The quantitative estimate of drug-likeness (QED) is 0.895. The highest BCUT2D eigenvalue weighted by molar-refractivity contribution is 5.95. The van der Waals surface area contributed by atoms with E-state index in [1.165, 1.54) is 0 Å². The fraction of sp³-hybridized carbons (Fsp3) is 0.333. The van der Waals surface area contributed by atoms with Crippen LogP contribution in [0.25, 0.3) is 10.8 Å². The number of hydrogen-bond donors (Lipinski definition) is 2. The van der Waals surface area contributed by atoms with Crippen molar-refractivity contribution in [2.24, 2.45) is 0 Å². The second-order valence-corrected chi connectivity index (χ2v) is 5.11. The number of aliphatic carboxylic acids is 1. The molecule has 20 heavy (non-hydrogen) atoms. The van der Waals surface area contributed by atoms with Crippen molar-refractivity contribution < 1.29 is 14.6 Å². The van der Waals surface area contributed by atoms with Gasteiger partial charge in [-0.05, 0) is 48.9 Å². The Kier molecular flexibility index (Phi) is 2.97. The van der Waals surface area contributed by atoms with Gasteiger partial charge >= 0.3 is 5.97 Å². The summed E-state index contributed by atoms with van der Waals surface area (Å²) in [5.41, 5.74) is -0.860. The van der Waals surface area contributed by atoms with Crippen molar-refractivity contribution in [1.82, 2.24) is 4.98 Å². The average Bonchev–Trinajstić information content (AvgIpc) is 2.41. The summed E-state index contributed by atoms with van der Waals surface area (Å²) < 4.78 is 5.20. The molecule has 1 heterocycles. The number of fused-ring (bicyclic) bond motifs is 1. The van der Waals surface area contributed by atoms with Gasteiger partial charge in [0.15, 0.2) is 0 Å². The molecule has 1 aromatic heterocycles. The molecule has 3 rings (SSSR count). The number of rotatable bonds is 4. The van der Waals surface area contributed by atoms with Crippen molar-refractivity contribution >= 4 is 22.6 Å². The van der Waals surface area contributed by atoms with Crippen molar-refractivity contribution in [3.05, 3.63) is 30.5 Å². The molecule has 5 nitrogen and oxygen atoms in total. The number of methoxy groups -OCH3 is 1. The molecule has 0 unspecified atom stereocenters. The third-order valence-corrected chi connectivity index (χ3v) is 3.95. The molecule has 1 aliphatic carbocycles. The summed E-state index contributed by atoms with van der Waals surface area (Å²) >= 11 is 0. The number of nitrogens with zero attached hydrogens (tertiary/aromatic N) is 1. The number of pyridine rings is 1. The van der Waals surface area contributed by atoms with Gasteiger partial charge in [-0.25, -0.2) is 9.78 Å². The van der Waals surface area contributed by atoms with Gasteiger partial charge in [-0.3, -0.25) is 0 Å². The van der Waals surface area contributed by atoms with Crippen LogP contribution < -0.4 is 10.1 Å². The summed E-state index contributed by atoms with van der Waals surface area (Å²) in [4.78, 5) is 15.7. The molecule has 0 saturated heterocycles. The van der Waals surface area contributed by atoms with Crippen molar-refractivity contribution in [3.63, 3.8) is 0 Å². The van der Waals surface area contributed by atoms with E-state index in [4.69, 9.17) is 4.74 Å². The van der Waals surface area contributed by atoms with Gasteiger partial charge in [0, 0.05) is 11.6 Å². The Morgan fingerprint density at radius 3 is 2.80 bits per heavy atom. The highest BCUT2D eigenvalue weighted by atomic mass is 16.5. The SMILES string of the molecule is COc1ccc2c(NC3(C(=O)O)CCC3)nccc2c1. The molecule has 0 amide bonds. The van der Waals surface area contributed by atoms with Crippen LogP contribution in [0.5, 0.6) is 5.75 Å². The van der Waals surface area contributed by atoms with E-state index in [0.29, 0.717) is 18.7 Å². The lowest BCUT2D eigenvalue weighted by atomic mass is 9.76. The number of benzene rings is 1. The Balaban J connectivity index is 2.01. The number of anilines is 1. The van der Waals surface area contributed by atoms with Gasteiger partial charge in [-0.2, -0.15) is 0 Å². The van der Waals surface area contributed by atoms with Crippen LogP contribution in [0.2, 0.25) is 0 Å². The van der Waals surface area contributed by atoms with Crippen molar-refractivity contribution in [2.45, 2.75) is 24.8 Å². The Morgan fingerprint density at radius 2 is 2.20 bits per heavy atom. The van der Waals surface area contributed by atoms with Crippen LogP contribution in [0.4, 0.5) is 5.82 Å². The molecule has 0 radical (unpaired) electrons. The maximum Gasteiger partial charge on any atom is 0.329 e. The largest absolute Gasteiger partial charge is 0.497 e. The number of carboxylic acid groups (broad SMARTS) is 1. The minimum absolute atomic E-state index is 0.618. The third kappa shape index (κ3) is 1.95. The van der Waals surface area contributed by atoms with E-state index < -0.39 is 11.5 Å². The summed E-state index contributed by atoms with van der Waals surface area (Å²) in [6.45, 7) is 0. The van der Waals surface area contributed by atoms with E-state index in [9.17, 15) is 9.90 Å². The standard InChI is InChI=1S/C15H16N2O3/c1-20-11-3-4-12-10(9-11)5-8-16-13(12)17-15(14(18)19)6-2-7-15/h3-5,8-9H,2,6-7H2,1H3,(H,16,17)(H,18,19). The van der Waals surface area contributed by atoms with Gasteiger partial charge < -0.3 is 15.2 Å². The summed E-state index contributed by atoms with van der Waals surface area (Å²) in [6.07, 6.45) is 3.88. The molecule has 1 aromatic carbocycles. The molecule has 2 N–H and O–H groups in total. The minimum atomic E-state index is -0.860. The summed E-state index contributed by atoms with van der Waals surface area (Å²) in [5.74, 6) is 0.578. The number of carbonyl (C=O) groups is 1. The molecular weight excluding hydrogens is 256 g/mol. The molecule has 2 aromatic rings. The lowest BCUT2D eigenvalue weighted by Crippen LogP contribution is -2.52. The first kappa shape index (κ1) is 12.7. The average molecular weight is 272 g/mol. The second kappa shape index (κ2) is 4.67. The Morgan fingerprint density at radius 1 is 1.40 bits per heavy atom. The van der Waals surface area contributed by atoms with Crippen molar-refractivity contribution in [2.75, 3.05) is 12.4 Å². The van der Waals surface area contributed by atoms with E-state index in [1.54, 1.807) is 13.3 Å². The van der Waals surface area contributed by atoms with Crippen LogP contribution in [-0.4, -0.2) is 28.7 Å². The predicted octanol–water partition coefficient (Wildman–Crippen LogP) is 2.66. The van der Waals surface area contributed by atoms with Gasteiger partial charge in [-0.15, -0.1) is 0 Å². The first-order chi connectivity index (χ1) is 9.64. The number of aromatic nitrogens is 1. The molecule has 1 fully saturated rings. The minimum Gasteiger partial charge on any atom is -0.497 e. The topological polar surface area (TPSA) is 71.5 Å². The van der Waals surface area contributed by atoms with E-state index in [-0.39, 0.29) is 0 Å². The molecule has 104 valence electrons. The van der Waals surface area contributed by atoms with E-state index >= 15 is 0 Å². The number of carboxylic acids is 1. The van der Waals surface area contributed by atoms with E-state index in [1.807, 2.05) is 24.3 Å². The highest BCUT2D eigenvalue weighted by Crippen LogP contribution is 2.37. The van der Waals surface area contributed by atoms with Crippen LogP contribution in [0.1, 0.15) is 19.3 Å². The summed E-state index contributed by atoms with van der Waals surface area (Å²) in [7, 11) is 1.62. The monoisotopic (exact) mass is 272 g/mol. The molecule has 0 bridgehead atoms. The second-order valence-electron chi connectivity index (χ2n) is 5.11. The lowest BCUT2D eigenvalue weighted by molar-refractivity contribution is -0.145. The maximum atomic E-state index is 11.4. The molecule has 1 saturated carbocycles. The zero-order valence-corrected chi connectivity index (χ0v) is 11.2. The Bertz CT molecular complexity index is 665. The van der Waals surface area contributed by atoms with Crippen LogP contribution in [-0.2, 0) is 4.79 Å². The van der Waals surface area contributed by atoms with E-state index in [0.717, 1.165) is 22.9 Å². The maximum absolute atomic E-state index is 11.4. The van der Waals surface area contributed by atoms with Gasteiger partial charge in [0.2, 0.25) is 0 Å². The number of nitrogens with one attached hydrogen (secondary N) is 1. The predicted molar refractivity (Wildman–Crippen MR) is 76.1 cm³/mol. The van der Waals surface area contributed by atoms with Crippen molar-refractivity contribution in [1.29, 1.82) is 0 Å². The van der Waals surface area contributed by atoms with Crippen molar-refractivity contribution in [3.8, 4) is 5.75 Å². The van der Waals surface area contributed by atoms with Gasteiger partial charge in [0.1, 0.15) is 17.1 Å². The molecule has 1 aliphatic rings. The van der Waals surface area contributed by atoms with Crippen LogP contribution in [0.3, 0.4) is 0 Å². The smallest absolute Gasteiger partial charge is 0.329 e. The zero-order valence-electron chi connectivity index (χ0n) is 11.2. The zero-order chi connectivity index (χ0) is 14.2. The number of ether oxygens (including phenoxy) is 1. The first-order valence-corrected chi connectivity index (χ1v) is 6.59. The van der Waals surface area contributed by atoms with Crippen LogP contribution in [0.15, 0.2) is 30.5 Å². The van der Waals surface area contributed by atoms with Gasteiger partial charge in [0.25, 0.3) is 0 Å². The van der Waals surface area contributed by atoms with E-state index in [2.05, 4.69) is 10.3 Å². The summed E-state index contributed by atoms with van der Waals surface area (Å²) in [5, 5.41) is 14.4. The molecule has 0 atom stereocenters. The van der Waals surface area contributed by atoms with Crippen LogP contribution in [0, 0.1) is 0 Å². The van der Waals surface area contributed by atoms with Crippen LogP contribution >= 0.6 is 0 Å². The molecular formula is C15H16N2O3. The lowest BCUT2D eigenvalue weighted by Gasteiger charge is -2.38. The first-order valence-electron chi connectivity index (χ1n) is 6.59. The number of hydrogen-bond acceptors (Lipinski definition) is 4. The molecule has 5 heteroatoms. The fourth-order valence-corrected chi connectivity index (χ4v) is 2.53. The summed E-state index contributed by atoms with van der Waals surface area (Å²) in [6, 6.07) is 7.55. The molecule has 0 spiro atoms. The Labute approximate surface area is 116 Å². The fourth-order valence-electron chi connectivity index (χ4n) is 2.53.